The summed E-state index contributed by atoms with van der Waals surface area (Å²) in [4.78, 5) is 11.2. The number of halogens is 6. The molecule has 8 atom stereocenters. The topological polar surface area (TPSA) is 66.4 Å². The van der Waals surface area contributed by atoms with E-state index in [2.05, 4.69) is 4.74 Å². The van der Waals surface area contributed by atoms with Gasteiger partial charge in [-0.05, 0) is 44.9 Å². The molecule has 0 amide bonds. The molecular formula is C18H24F6O6. The van der Waals surface area contributed by atoms with Crippen LogP contribution in [0.1, 0.15) is 46.5 Å². The van der Waals surface area contributed by atoms with E-state index < -0.39 is 53.9 Å². The summed E-state index contributed by atoms with van der Waals surface area (Å²) in [6.07, 6.45) is -17.4. The highest BCUT2D eigenvalue weighted by atomic mass is 19.4. The van der Waals surface area contributed by atoms with E-state index in [0.29, 0.717) is 19.3 Å². The van der Waals surface area contributed by atoms with E-state index in [9.17, 15) is 31.4 Å². The van der Waals surface area contributed by atoms with Gasteiger partial charge in [-0.25, -0.2) is 9.78 Å². The normalized spacial score (nSPS) is 49.1. The average Bonchev–Trinajstić information content (AvgIpc) is 2.80. The lowest BCUT2D eigenvalue weighted by Crippen LogP contribution is -2.76. The van der Waals surface area contributed by atoms with Gasteiger partial charge in [0.2, 0.25) is 5.79 Å². The smallest absolute Gasteiger partial charge is 0.384 e. The van der Waals surface area contributed by atoms with Crippen LogP contribution in [-0.4, -0.2) is 53.1 Å². The van der Waals surface area contributed by atoms with E-state index in [4.69, 9.17) is 19.2 Å². The van der Waals surface area contributed by atoms with Crippen molar-refractivity contribution in [2.45, 2.75) is 94.5 Å². The first-order valence-electron chi connectivity index (χ1n) is 9.82. The minimum Gasteiger partial charge on any atom is -0.384 e. The fourth-order valence-corrected chi connectivity index (χ4v) is 5.52. The number of fused-ring (bicyclic) bond motifs is 2. The Morgan fingerprint density at radius 1 is 1.00 bits per heavy atom. The molecule has 174 valence electrons. The second kappa shape index (κ2) is 6.67. The zero-order valence-electron chi connectivity index (χ0n) is 16.5. The Labute approximate surface area is 168 Å². The van der Waals surface area contributed by atoms with Crippen LogP contribution in [0.3, 0.4) is 0 Å². The molecule has 12 heteroatoms. The van der Waals surface area contributed by atoms with Crippen LogP contribution in [0.2, 0.25) is 0 Å². The van der Waals surface area contributed by atoms with Gasteiger partial charge in [-0.15, -0.1) is 0 Å². The maximum absolute atomic E-state index is 13.1. The van der Waals surface area contributed by atoms with Gasteiger partial charge in [-0.1, -0.05) is 6.92 Å². The molecule has 4 heterocycles. The second-order valence-corrected chi connectivity index (χ2v) is 9.15. The predicted octanol–water partition coefficient (Wildman–Crippen LogP) is 3.82. The van der Waals surface area contributed by atoms with Gasteiger partial charge in [-0.3, -0.25) is 0 Å². The van der Waals surface area contributed by atoms with E-state index in [-0.39, 0.29) is 18.3 Å². The van der Waals surface area contributed by atoms with E-state index in [1.165, 1.54) is 0 Å². The molecule has 1 N–H and O–H groups in total. The molecule has 5 rings (SSSR count). The highest BCUT2D eigenvalue weighted by molar-refractivity contribution is 5.13. The highest BCUT2D eigenvalue weighted by Gasteiger charge is 2.74. The van der Waals surface area contributed by atoms with Gasteiger partial charge >= 0.3 is 12.4 Å². The Bertz CT molecular complexity index is 669. The fraction of sp³-hybridized carbons (Fsp3) is 1.00. The summed E-state index contributed by atoms with van der Waals surface area (Å²) in [7, 11) is 0. The lowest BCUT2D eigenvalue weighted by atomic mass is 9.57. The summed E-state index contributed by atoms with van der Waals surface area (Å²) in [6, 6.07) is 0. The van der Waals surface area contributed by atoms with Crippen molar-refractivity contribution >= 4 is 0 Å². The van der Waals surface area contributed by atoms with Crippen LogP contribution in [0.25, 0.3) is 0 Å². The minimum absolute atomic E-state index is 0.0892. The van der Waals surface area contributed by atoms with Crippen molar-refractivity contribution in [2.24, 2.45) is 17.8 Å². The maximum Gasteiger partial charge on any atom is 0.423 e. The number of rotatable bonds is 2. The van der Waals surface area contributed by atoms with Crippen molar-refractivity contribution in [2.75, 3.05) is 0 Å². The summed E-state index contributed by atoms with van der Waals surface area (Å²) in [5.74, 6) is -2.36. The molecule has 0 radical (unpaired) electrons. The maximum atomic E-state index is 13.1. The molecule has 0 aromatic carbocycles. The van der Waals surface area contributed by atoms with Crippen molar-refractivity contribution in [3.8, 4) is 0 Å². The Hall–Kier alpha value is -0.660. The van der Waals surface area contributed by atoms with Crippen molar-refractivity contribution in [3.63, 3.8) is 0 Å². The van der Waals surface area contributed by atoms with Crippen LogP contribution in [0.15, 0.2) is 0 Å². The lowest BCUT2D eigenvalue weighted by Gasteiger charge is -2.62. The van der Waals surface area contributed by atoms with Gasteiger partial charge in [0.15, 0.2) is 18.2 Å². The molecule has 1 spiro atoms. The molecule has 2 bridgehead atoms. The molecule has 5 aliphatic rings. The van der Waals surface area contributed by atoms with Crippen LogP contribution in [-0.2, 0) is 24.0 Å². The first-order valence-corrected chi connectivity index (χ1v) is 9.82. The summed E-state index contributed by atoms with van der Waals surface area (Å²) in [6.45, 7) is 4.63. The number of aliphatic hydroxyl groups is 1. The van der Waals surface area contributed by atoms with Crippen molar-refractivity contribution in [1.29, 1.82) is 0 Å². The predicted molar refractivity (Wildman–Crippen MR) is 85.3 cm³/mol. The van der Waals surface area contributed by atoms with E-state index in [0.717, 1.165) is 6.92 Å². The third-order valence-corrected chi connectivity index (χ3v) is 7.00. The van der Waals surface area contributed by atoms with Crippen molar-refractivity contribution in [1.82, 2.24) is 0 Å². The van der Waals surface area contributed by atoms with E-state index in [1.54, 1.807) is 6.92 Å². The summed E-state index contributed by atoms with van der Waals surface area (Å²) in [5.41, 5.74) is -3.60. The third-order valence-electron chi connectivity index (χ3n) is 7.00. The Kier molecular flexibility index (Phi) is 5.01. The molecule has 6 nitrogen and oxygen atoms in total. The van der Waals surface area contributed by atoms with Gasteiger partial charge in [0.25, 0.3) is 6.10 Å². The van der Waals surface area contributed by atoms with E-state index in [1.807, 2.05) is 6.92 Å². The van der Waals surface area contributed by atoms with E-state index >= 15 is 0 Å². The van der Waals surface area contributed by atoms with Gasteiger partial charge in [0.05, 0.1) is 0 Å². The van der Waals surface area contributed by atoms with Gasteiger partial charge in [-0.2, -0.15) is 26.3 Å². The Balaban J connectivity index is 1.73. The van der Waals surface area contributed by atoms with Crippen LogP contribution >= 0.6 is 0 Å². The monoisotopic (exact) mass is 450 g/mol. The second-order valence-electron chi connectivity index (χ2n) is 9.15. The summed E-state index contributed by atoms with van der Waals surface area (Å²) >= 11 is 0. The molecule has 30 heavy (non-hydrogen) atoms. The molecule has 1 saturated carbocycles. The number of hydrogen-bond acceptors (Lipinski definition) is 6. The Morgan fingerprint density at radius 2 is 1.63 bits per heavy atom. The molecule has 4 aliphatic heterocycles. The standard InChI is InChI=1S/C18H24F6O6/c1-8-4-5-10-15(3,25)12(26-11(17(19,20)21)18(22,23)24)27-13-16(10)9(8)6-7-14(2,28-13)29-30-16/h8-13,25H,4-7H2,1-3H3/t8-,9+,10+,12+,13-,14+,15-,16-/m1/s1. The zero-order chi connectivity index (χ0) is 22.3. The van der Waals surface area contributed by atoms with Crippen molar-refractivity contribution in [3.05, 3.63) is 0 Å². The largest absolute Gasteiger partial charge is 0.423 e. The number of ether oxygens (including phenoxy) is 3. The third kappa shape index (κ3) is 3.25. The molecular weight excluding hydrogens is 426 g/mol. The SMILES string of the molecule is C[C@@H]1CC[C@H]2[C@@](C)(O)[C@@H](OC(C(F)(F)F)C(F)(F)F)O[C@@H]3O[C@]4(C)CC[C@@H]1[C@]32OO4. The van der Waals surface area contributed by atoms with Crippen LogP contribution in [0, 0.1) is 17.8 Å². The quantitative estimate of drug-likeness (QED) is 0.510. The Morgan fingerprint density at radius 3 is 2.23 bits per heavy atom. The number of hydrogen-bond donors (Lipinski definition) is 1. The first-order chi connectivity index (χ1) is 13.6. The average molecular weight is 450 g/mol. The van der Waals surface area contributed by atoms with Crippen LogP contribution < -0.4 is 0 Å². The lowest BCUT2D eigenvalue weighted by molar-refractivity contribution is -0.587. The minimum atomic E-state index is -5.74. The van der Waals surface area contributed by atoms with Gasteiger partial charge in [0.1, 0.15) is 5.60 Å². The molecule has 1 aliphatic carbocycles. The molecule has 0 aromatic heterocycles. The van der Waals surface area contributed by atoms with Crippen LogP contribution in [0.5, 0.6) is 0 Å². The van der Waals surface area contributed by atoms with Crippen molar-refractivity contribution < 1.29 is 55.4 Å². The first kappa shape index (κ1) is 22.5. The molecule has 0 aromatic rings. The zero-order valence-corrected chi connectivity index (χ0v) is 16.5. The van der Waals surface area contributed by atoms with Gasteiger partial charge in [0, 0.05) is 12.3 Å². The molecule has 4 saturated heterocycles. The van der Waals surface area contributed by atoms with Crippen LogP contribution in [0.4, 0.5) is 26.3 Å². The summed E-state index contributed by atoms with van der Waals surface area (Å²) < 4.78 is 94.2. The summed E-state index contributed by atoms with van der Waals surface area (Å²) in [5, 5.41) is 11.1. The fourth-order valence-electron chi connectivity index (χ4n) is 5.52. The highest BCUT2D eigenvalue weighted by Crippen LogP contribution is 2.61. The molecule has 0 unspecified atom stereocenters. The van der Waals surface area contributed by atoms with Gasteiger partial charge < -0.3 is 19.3 Å². The molecule has 5 fully saturated rings. The number of alkyl halides is 6.